The van der Waals surface area contributed by atoms with Gasteiger partial charge in [0.15, 0.2) is 0 Å². The molecule has 0 saturated carbocycles. The number of aromatic nitrogens is 1. The van der Waals surface area contributed by atoms with Gasteiger partial charge in [0.25, 0.3) is 5.91 Å². The van der Waals surface area contributed by atoms with Crippen molar-refractivity contribution in [1.29, 1.82) is 0 Å². The van der Waals surface area contributed by atoms with Crippen LogP contribution >= 0.6 is 0 Å². The van der Waals surface area contributed by atoms with Gasteiger partial charge < -0.3 is 10.2 Å². The highest BCUT2D eigenvalue weighted by atomic mass is 16.2. The molecule has 2 aromatic rings. The van der Waals surface area contributed by atoms with Crippen LogP contribution in [-0.4, -0.2) is 24.5 Å². The highest BCUT2D eigenvalue weighted by molar-refractivity contribution is 6.06. The first-order chi connectivity index (χ1) is 10.3. The lowest BCUT2D eigenvalue weighted by atomic mass is 10.1. The molecule has 0 atom stereocenters. The highest BCUT2D eigenvalue weighted by Gasteiger charge is 2.22. The number of nitrogens with zero attached hydrogens (tertiary/aromatic N) is 2. The Labute approximate surface area is 124 Å². The van der Waals surface area contributed by atoms with Crippen LogP contribution in [-0.2, 0) is 6.42 Å². The van der Waals surface area contributed by atoms with E-state index >= 15 is 0 Å². The third-order valence-corrected chi connectivity index (χ3v) is 3.87. The van der Waals surface area contributed by atoms with Gasteiger partial charge in [0, 0.05) is 25.5 Å². The summed E-state index contributed by atoms with van der Waals surface area (Å²) >= 11 is 0. The standard InChI is InChI=1S/C17H19N3O/c1-18-16-10-9-14(12-19-16)17(21)20-11-5-4-7-13-6-2-3-8-15(13)20/h2-3,6,8-10,12H,4-5,7,11H2,1H3,(H,18,19). The van der Waals surface area contributed by atoms with Crippen molar-refractivity contribution in [2.45, 2.75) is 19.3 Å². The van der Waals surface area contributed by atoms with Crippen molar-refractivity contribution in [2.24, 2.45) is 0 Å². The van der Waals surface area contributed by atoms with E-state index in [1.807, 2.05) is 42.3 Å². The number of hydrogen-bond acceptors (Lipinski definition) is 3. The summed E-state index contributed by atoms with van der Waals surface area (Å²) in [5.41, 5.74) is 2.92. The fraction of sp³-hybridized carbons (Fsp3) is 0.294. The molecule has 0 bridgehead atoms. The van der Waals surface area contributed by atoms with Gasteiger partial charge in [-0.2, -0.15) is 0 Å². The summed E-state index contributed by atoms with van der Waals surface area (Å²) in [6.45, 7) is 0.767. The summed E-state index contributed by atoms with van der Waals surface area (Å²) in [5, 5.41) is 2.96. The second-order valence-electron chi connectivity index (χ2n) is 5.22. The van der Waals surface area contributed by atoms with Crippen LogP contribution in [0.3, 0.4) is 0 Å². The van der Waals surface area contributed by atoms with Gasteiger partial charge in [-0.3, -0.25) is 4.79 Å². The number of anilines is 2. The molecule has 1 aromatic carbocycles. The molecule has 0 fully saturated rings. The van der Waals surface area contributed by atoms with Crippen molar-refractivity contribution in [3.63, 3.8) is 0 Å². The predicted molar refractivity (Wildman–Crippen MR) is 84.8 cm³/mol. The number of carbonyl (C=O) groups is 1. The maximum atomic E-state index is 12.8. The molecule has 3 rings (SSSR count). The lowest BCUT2D eigenvalue weighted by Gasteiger charge is -2.23. The first-order valence-corrected chi connectivity index (χ1v) is 7.33. The zero-order valence-corrected chi connectivity index (χ0v) is 12.2. The summed E-state index contributed by atoms with van der Waals surface area (Å²) < 4.78 is 0. The predicted octanol–water partition coefficient (Wildman–Crippen LogP) is 3.11. The number of pyridine rings is 1. The van der Waals surface area contributed by atoms with Crippen LogP contribution in [0.15, 0.2) is 42.6 Å². The van der Waals surface area contributed by atoms with Crippen LogP contribution in [0, 0.1) is 0 Å². The minimum absolute atomic E-state index is 0.0273. The average Bonchev–Trinajstić information content (AvgIpc) is 2.77. The summed E-state index contributed by atoms with van der Waals surface area (Å²) in [5.74, 6) is 0.794. The number of benzene rings is 1. The molecule has 0 spiro atoms. The molecule has 0 unspecified atom stereocenters. The minimum atomic E-state index is 0.0273. The average molecular weight is 281 g/mol. The molecule has 0 radical (unpaired) electrons. The van der Waals surface area contributed by atoms with Crippen molar-refractivity contribution in [1.82, 2.24) is 4.98 Å². The van der Waals surface area contributed by atoms with Crippen molar-refractivity contribution >= 4 is 17.4 Å². The van der Waals surface area contributed by atoms with Crippen LogP contribution in [0.2, 0.25) is 0 Å². The molecule has 4 nitrogen and oxygen atoms in total. The molecular weight excluding hydrogens is 262 g/mol. The molecule has 1 aromatic heterocycles. The van der Waals surface area contributed by atoms with E-state index in [2.05, 4.69) is 16.4 Å². The SMILES string of the molecule is CNc1ccc(C(=O)N2CCCCc3ccccc32)cn1. The Morgan fingerprint density at radius 2 is 2.05 bits per heavy atom. The van der Waals surface area contributed by atoms with Gasteiger partial charge >= 0.3 is 0 Å². The molecule has 4 heteroatoms. The molecule has 1 N–H and O–H groups in total. The zero-order valence-electron chi connectivity index (χ0n) is 12.2. The van der Waals surface area contributed by atoms with Gasteiger partial charge in [0.2, 0.25) is 0 Å². The van der Waals surface area contributed by atoms with Crippen molar-refractivity contribution in [3.05, 3.63) is 53.7 Å². The molecule has 0 saturated heterocycles. The Balaban J connectivity index is 1.93. The topological polar surface area (TPSA) is 45.2 Å². The number of fused-ring (bicyclic) bond motifs is 1. The van der Waals surface area contributed by atoms with Gasteiger partial charge in [-0.05, 0) is 43.0 Å². The normalized spacial score (nSPS) is 14.2. The number of para-hydroxylation sites is 1. The van der Waals surface area contributed by atoms with E-state index in [4.69, 9.17) is 0 Å². The van der Waals surface area contributed by atoms with E-state index in [0.717, 1.165) is 37.3 Å². The Kier molecular flexibility index (Phi) is 3.86. The second kappa shape index (κ2) is 5.95. The fourth-order valence-electron chi connectivity index (χ4n) is 2.73. The van der Waals surface area contributed by atoms with E-state index in [9.17, 15) is 4.79 Å². The maximum Gasteiger partial charge on any atom is 0.259 e. The first kappa shape index (κ1) is 13.6. The molecule has 21 heavy (non-hydrogen) atoms. The third kappa shape index (κ3) is 2.75. The van der Waals surface area contributed by atoms with Gasteiger partial charge in [0.05, 0.1) is 5.56 Å². The molecule has 1 aliphatic heterocycles. The van der Waals surface area contributed by atoms with Crippen LogP contribution in [0.1, 0.15) is 28.8 Å². The third-order valence-electron chi connectivity index (χ3n) is 3.87. The number of rotatable bonds is 2. The highest BCUT2D eigenvalue weighted by Crippen LogP contribution is 2.27. The number of nitrogens with one attached hydrogen (secondary N) is 1. The van der Waals surface area contributed by atoms with Gasteiger partial charge in [-0.25, -0.2) is 4.98 Å². The lowest BCUT2D eigenvalue weighted by molar-refractivity contribution is 0.0986. The first-order valence-electron chi connectivity index (χ1n) is 7.33. The van der Waals surface area contributed by atoms with E-state index in [1.54, 1.807) is 6.20 Å². The number of hydrogen-bond donors (Lipinski definition) is 1. The van der Waals surface area contributed by atoms with Gasteiger partial charge in [-0.15, -0.1) is 0 Å². The summed E-state index contributed by atoms with van der Waals surface area (Å²) in [6.07, 6.45) is 4.83. The number of amides is 1. The Morgan fingerprint density at radius 3 is 2.81 bits per heavy atom. The van der Waals surface area contributed by atoms with Crippen molar-refractivity contribution in [2.75, 3.05) is 23.8 Å². The monoisotopic (exact) mass is 281 g/mol. The Morgan fingerprint density at radius 1 is 1.19 bits per heavy atom. The molecule has 108 valence electrons. The van der Waals surface area contributed by atoms with Crippen LogP contribution in [0.5, 0.6) is 0 Å². The number of carbonyl (C=O) groups excluding carboxylic acids is 1. The van der Waals surface area contributed by atoms with E-state index in [-0.39, 0.29) is 5.91 Å². The zero-order chi connectivity index (χ0) is 14.7. The summed E-state index contributed by atoms with van der Waals surface area (Å²) in [7, 11) is 1.81. The van der Waals surface area contributed by atoms with Crippen molar-refractivity contribution in [3.8, 4) is 0 Å². The molecule has 1 amide bonds. The number of aryl methyl sites for hydroxylation is 1. The van der Waals surface area contributed by atoms with E-state index < -0.39 is 0 Å². The van der Waals surface area contributed by atoms with Gasteiger partial charge in [-0.1, -0.05) is 18.2 Å². The molecular formula is C17H19N3O. The largest absolute Gasteiger partial charge is 0.373 e. The smallest absolute Gasteiger partial charge is 0.259 e. The molecule has 0 aliphatic carbocycles. The van der Waals surface area contributed by atoms with Gasteiger partial charge in [0.1, 0.15) is 5.82 Å². The Hall–Kier alpha value is -2.36. The quantitative estimate of drug-likeness (QED) is 0.920. The summed E-state index contributed by atoms with van der Waals surface area (Å²) in [6, 6.07) is 11.8. The maximum absolute atomic E-state index is 12.8. The fourth-order valence-corrected chi connectivity index (χ4v) is 2.73. The molecule has 2 heterocycles. The Bertz CT molecular complexity index is 637. The second-order valence-corrected chi connectivity index (χ2v) is 5.22. The summed E-state index contributed by atoms with van der Waals surface area (Å²) in [4.78, 5) is 18.9. The van der Waals surface area contributed by atoms with Crippen molar-refractivity contribution < 1.29 is 4.79 Å². The van der Waals surface area contributed by atoms with Crippen LogP contribution < -0.4 is 10.2 Å². The van der Waals surface area contributed by atoms with Crippen LogP contribution in [0.25, 0.3) is 0 Å². The van der Waals surface area contributed by atoms with E-state index in [1.165, 1.54) is 5.56 Å². The lowest BCUT2D eigenvalue weighted by Crippen LogP contribution is -2.31. The van der Waals surface area contributed by atoms with E-state index in [0.29, 0.717) is 5.56 Å². The minimum Gasteiger partial charge on any atom is -0.373 e. The molecule has 1 aliphatic rings. The van der Waals surface area contributed by atoms with Crippen LogP contribution in [0.4, 0.5) is 11.5 Å².